The highest BCUT2D eigenvalue weighted by molar-refractivity contribution is 6.29. The Bertz CT molecular complexity index is 317. The first-order valence-corrected chi connectivity index (χ1v) is 5.50. The van der Waals surface area contributed by atoms with Crippen molar-refractivity contribution in [2.75, 3.05) is 24.6 Å². The zero-order chi connectivity index (χ0) is 10.7. The number of aromatic nitrogens is 2. The molecule has 1 unspecified atom stereocenters. The molecule has 0 aliphatic carbocycles. The summed E-state index contributed by atoms with van der Waals surface area (Å²) in [7, 11) is 0. The van der Waals surface area contributed by atoms with Gasteiger partial charge in [0.1, 0.15) is 11.0 Å². The maximum Gasteiger partial charge on any atom is 0.147 e. The molecule has 0 radical (unpaired) electrons. The van der Waals surface area contributed by atoms with Crippen molar-refractivity contribution in [2.24, 2.45) is 5.92 Å². The fourth-order valence-electron chi connectivity index (χ4n) is 1.93. The van der Waals surface area contributed by atoms with E-state index in [0.717, 1.165) is 31.7 Å². The van der Waals surface area contributed by atoms with Crippen LogP contribution in [-0.2, 0) is 0 Å². The van der Waals surface area contributed by atoms with E-state index in [1.165, 1.54) is 0 Å². The van der Waals surface area contributed by atoms with Gasteiger partial charge in [-0.25, -0.2) is 9.97 Å². The molecule has 0 bridgehead atoms. The minimum atomic E-state index is 0.269. The van der Waals surface area contributed by atoms with Crippen LogP contribution < -0.4 is 4.90 Å². The van der Waals surface area contributed by atoms with Crippen LogP contribution in [-0.4, -0.2) is 34.8 Å². The average molecular weight is 228 g/mol. The first kappa shape index (κ1) is 10.6. The van der Waals surface area contributed by atoms with Crippen LogP contribution in [0, 0.1) is 5.92 Å². The Labute approximate surface area is 93.9 Å². The lowest BCUT2D eigenvalue weighted by atomic mass is 10.1. The number of nitrogens with zero attached hydrogens (tertiary/aromatic N) is 3. The van der Waals surface area contributed by atoms with Crippen LogP contribution in [0.2, 0.25) is 5.15 Å². The molecule has 5 heteroatoms. The second-order valence-corrected chi connectivity index (χ2v) is 4.20. The molecule has 82 valence electrons. The molecule has 1 aromatic rings. The fraction of sp³-hybridized carbons (Fsp3) is 0.600. The van der Waals surface area contributed by atoms with E-state index >= 15 is 0 Å². The van der Waals surface area contributed by atoms with Gasteiger partial charge in [0.15, 0.2) is 0 Å². The Morgan fingerprint density at radius 3 is 3.00 bits per heavy atom. The normalized spacial score (nSPS) is 20.9. The van der Waals surface area contributed by atoms with Crippen LogP contribution in [0.5, 0.6) is 0 Å². The third kappa shape index (κ3) is 2.58. The topological polar surface area (TPSA) is 49.2 Å². The van der Waals surface area contributed by atoms with Crippen molar-refractivity contribution in [3.05, 3.63) is 17.5 Å². The summed E-state index contributed by atoms with van der Waals surface area (Å²) in [6.45, 7) is 2.21. The second kappa shape index (κ2) is 4.77. The van der Waals surface area contributed by atoms with Crippen molar-refractivity contribution in [2.45, 2.75) is 12.8 Å². The lowest BCUT2D eigenvalue weighted by Gasteiger charge is -2.16. The van der Waals surface area contributed by atoms with Gasteiger partial charge in [0, 0.05) is 19.7 Å². The minimum absolute atomic E-state index is 0.269. The molecule has 1 saturated heterocycles. The fourth-order valence-corrected chi connectivity index (χ4v) is 2.03. The van der Waals surface area contributed by atoms with E-state index in [9.17, 15) is 0 Å². The zero-order valence-corrected chi connectivity index (χ0v) is 9.19. The molecular formula is C10H14ClN3O. The predicted octanol–water partition coefficient (Wildman–Crippen LogP) is 1.34. The Morgan fingerprint density at radius 1 is 1.47 bits per heavy atom. The Kier molecular flexibility index (Phi) is 3.38. The number of hydrogen-bond acceptors (Lipinski definition) is 4. The summed E-state index contributed by atoms with van der Waals surface area (Å²) >= 11 is 5.67. The lowest BCUT2D eigenvalue weighted by Crippen LogP contribution is -2.21. The second-order valence-electron chi connectivity index (χ2n) is 3.81. The van der Waals surface area contributed by atoms with Gasteiger partial charge in [-0.05, 0) is 18.8 Å². The molecule has 1 N–H and O–H groups in total. The third-order valence-corrected chi connectivity index (χ3v) is 2.95. The summed E-state index contributed by atoms with van der Waals surface area (Å²) in [6, 6.07) is 0. The molecule has 1 aromatic heterocycles. The van der Waals surface area contributed by atoms with Gasteiger partial charge in [-0.3, -0.25) is 0 Å². The number of aliphatic hydroxyl groups is 1. The Hall–Kier alpha value is -0.870. The highest BCUT2D eigenvalue weighted by atomic mass is 35.5. The summed E-state index contributed by atoms with van der Waals surface area (Å²) in [5, 5.41) is 9.28. The van der Waals surface area contributed by atoms with Crippen molar-refractivity contribution >= 4 is 17.4 Å². The standard InChI is InChI=1S/C10H14ClN3O/c11-9-5-13-10(6-12-9)14-3-1-8(7-14)2-4-15/h5-6,8,15H,1-4,7H2. The van der Waals surface area contributed by atoms with Crippen molar-refractivity contribution in [1.82, 2.24) is 9.97 Å². The van der Waals surface area contributed by atoms with Gasteiger partial charge in [0.05, 0.1) is 12.4 Å². The van der Waals surface area contributed by atoms with Gasteiger partial charge < -0.3 is 10.0 Å². The first-order chi connectivity index (χ1) is 7.29. The summed E-state index contributed by atoms with van der Waals surface area (Å²) < 4.78 is 0. The maximum atomic E-state index is 8.86. The minimum Gasteiger partial charge on any atom is -0.396 e. The number of rotatable bonds is 3. The largest absolute Gasteiger partial charge is 0.396 e. The molecular weight excluding hydrogens is 214 g/mol. The van der Waals surface area contributed by atoms with Gasteiger partial charge >= 0.3 is 0 Å². The van der Waals surface area contributed by atoms with Gasteiger partial charge in [-0.1, -0.05) is 11.6 Å². The van der Waals surface area contributed by atoms with Crippen LogP contribution in [0.3, 0.4) is 0 Å². The summed E-state index contributed by atoms with van der Waals surface area (Å²) in [5.74, 6) is 1.45. The van der Waals surface area contributed by atoms with E-state index in [0.29, 0.717) is 11.1 Å². The molecule has 0 saturated carbocycles. The quantitative estimate of drug-likeness (QED) is 0.847. The van der Waals surface area contributed by atoms with Crippen molar-refractivity contribution in [3.63, 3.8) is 0 Å². The maximum absolute atomic E-state index is 8.86. The van der Waals surface area contributed by atoms with Gasteiger partial charge in [0.2, 0.25) is 0 Å². The monoisotopic (exact) mass is 227 g/mol. The molecule has 1 fully saturated rings. The van der Waals surface area contributed by atoms with Gasteiger partial charge in [0.25, 0.3) is 0 Å². The van der Waals surface area contributed by atoms with Crippen LogP contribution in [0.15, 0.2) is 12.4 Å². The number of aliphatic hydroxyl groups excluding tert-OH is 1. The van der Waals surface area contributed by atoms with Crippen molar-refractivity contribution in [1.29, 1.82) is 0 Å². The van der Waals surface area contributed by atoms with Crippen molar-refractivity contribution < 1.29 is 5.11 Å². The van der Waals surface area contributed by atoms with E-state index in [4.69, 9.17) is 16.7 Å². The summed E-state index contributed by atoms with van der Waals surface area (Å²) in [6.07, 6.45) is 5.25. The van der Waals surface area contributed by atoms with Crippen LogP contribution in [0.25, 0.3) is 0 Å². The molecule has 1 atom stereocenters. The third-order valence-electron chi connectivity index (χ3n) is 2.75. The predicted molar refractivity (Wildman–Crippen MR) is 59.1 cm³/mol. The van der Waals surface area contributed by atoms with Gasteiger partial charge in [-0.15, -0.1) is 0 Å². The highest BCUT2D eigenvalue weighted by Crippen LogP contribution is 2.23. The molecule has 0 aromatic carbocycles. The Morgan fingerprint density at radius 2 is 2.33 bits per heavy atom. The van der Waals surface area contributed by atoms with Crippen LogP contribution in [0.1, 0.15) is 12.8 Å². The smallest absolute Gasteiger partial charge is 0.147 e. The van der Waals surface area contributed by atoms with Crippen LogP contribution in [0.4, 0.5) is 5.82 Å². The molecule has 1 aliphatic heterocycles. The molecule has 0 spiro atoms. The molecule has 2 heterocycles. The number of anilines is 1. The Balaban J connectivity index is 1.98. The number of hydrogen-bond donors (Lipinski definition) is 1. The summed E-state index contributed by atoms with van der Waals surface area (Å²) in [5.41, 5.74) is 0. The van der Waals surface area contributed by atoms with E-state index < -0.39 is 0 Å². The zero-order valence-electron chi connectivity index (χ0n) is 8.43. The molecule has 1 aliphatic rings. The molecule has 4 nitrogen and oxygen atoms in total. The van der Waals surface area contributed by atoms with E-state index in [2.05, 4.69) is 14.9 Å². The molecule has 2 rings (SSSR count). The average Bonchev–Trinajstić information content (AvgIpc) is 2.68. The van der Waals surface area contributed by atoms with E-state index in [1.54, 1.807) is 12.4 Å². The van der Waals surface area contributed by atoms with E-state index in [1.807, 2.05) is 0 Å². The van der Waals surface area contributed by atoms with Crippen LogP contribution >= 0.6 is 11.6 Å². The molecule has 15 heavy (non-hydrogen) atoms. The van der Waals surface area contributed by atoms with E-state index in [-0.39, 0.29) is 6.61 Å². The SMILES string of the molecule is OCCC1CCN(c2cnc(Cl)cn2)C1. The molecule has 0 amide bonds. The summed E-state index contributed by atoms with van der Waals surface area (Å²) in [4.78, 5) is 10.4. The van der Waals surface area contributed by atoms with Crippen molar-refractivity contribution in [3.8, 4) is 0 Å². The highest BCUT2D eigenvalue weighted by Gasteiger charge is 2.22. The van der Waals surface area contributed by atoms with Gasteiger partial charge in [-0.2, -0.15) is 0 Å². The number of halogens is 1. The lowest BCUT2D eigenvalue weighted by molar-refractivity contribution is 0.263. The first-order valence-electron chi connectivity index (χ1n) is 5.13.